The Morgan fingerprint density at radius 1 is 1.21 bits per heavy atom. The number of carboxylic acids is 1. The Morgan fingerprint density at radius 2 is 1.94 bits per heavy atom. The predicted octanol–water partition coefficient (Wildman–Crippen LogP) is 4.38. The minimum atomic E-state index is -0.811. The third-order valence-electron chi connectivity index (χ3n) is 7.16. The van der Waals surface area contributed by atoms with Gasteiger partial charge in [0.1, 0.15) is 17.8 Å². The zero-order valence-electron chi connectivity index (χ0n) is 20.6. The molecule has 0 aromatic heterocycles. The standard InChI is InChI=1S/C28H37NO5/c1-17-12-13-21(22-23-24(27(31)32)26(23)34-25(17)22)18(2)33-16-20(30)15-29-28(3,4)14-8-11-19-9-6-5-7-10-19/h5-7,9-10,12-13,18,20,23-24,26,29-30H,8,11,14-16H2,1-4H3,(H,31,32)/t18-,20?,23+,24+,26+/m1/s1. The van der Waals surface area contributed by atoms with E-state index in [9.17, 15) is 15.0 Å². The molecular formula is C28H37NO5. The number of aliphatic hydroxyl groups is 1. The van der Waals surface area contributed by atoms with E-state index in [1.807, 2.05) is 32.0 Å². The summed E-state index contributed by atoms with van der Waals surface area (Å²) in [5.74, 6) is -0.578. The Labute approximate surface area is 202 Å². The van der Waals surface area contributed by atoms with E-state index in [4.69, 9.17) is 9.47 Å². The first kappa shape index (κ1) is 24.7. The van der Waals surface area contributed by atoms with Gasteiger partial charge in [-0.15, -0.1) is 0 Å². The van der Waals surface area contributed by atoms with Crippen molar-refractivity contribution in [1.82, 2.24) is 5.32 Å². The highest BCUT2D eigenvalue weighted by atomic mass is 16.5. The first-order valence-corrected chi connectivity index (χ1v) is 12.3. The summed E-state index contributed by atoms with van der Waals surface area (Å²) in [5.41, 5.74) is 4.21. The number of aliphatic carboxylic acids is 1. The molecule has 2 aromatic rings. The number of nitrogens with one attached hydrogen (secondary N) is 1. The number of hydrogen-bond acceptors (Lipinski definition) is 5. The van der Waals surface area contributed by atoms with Crippen LogP contribution in [0.4, 0.5) is 0 Å². The van der Waals surface area contributed by atoms with Crippen LogP contribution in [0.3, 0.4) is 0 Å². The van der Waals surface area contributed by atoms with Crippen LogP contribution in [-0.4, -0.2) is 47.1 Å². The topological polar surface area (TPSA) is 88.0 Å². The molecular weight excluding hydrogens is 430 g/mol. The van der Waals surface area contributed by atoms with Crippen LogP contribution in [0.25, 0.3) is 0 Å². The van der Waals surface area contributed by atoms with Crippen LogP contribution in [0.15, 0.2) is 42.5 Å². The molecule has 6 heteroatoms. The van der Waals surface area contributed by atoms with Crippen molar-refractivity contribution in [3.63, 3.8) is 0 Å². The lowest BCUT2D eigenvalue weighted by molar-refractivity contribution is -0.139. The molecule has 3 N–H and O–H groups in total. The van der Waals surface area contributed by atoms with Gasteiger partial charge in [0.25, 0.3) is 0 Å². The summed E-state index contributed by atoms with van der Waals surface area (Å²) >= 11 is 0. The van der Waals surface area contributed by atoms with Gasteiger partial charge < -0.3 is 25.0 Å². The molecule has 1 saturated carbocycles. The molecule has 0 bridgehead atoms. The lowest BCUT2D eigenvalue weighted by Gasteiger charge is -2.28. The molecule has 6 nitrogen and oxygen atoms in total. The molecule has 1 aliphatic carbocycles. The quantitative estimate of drug-likeness (QED) is 0.429. The van der Waals surface area contributed by atoms with E-state index in [1.54, 1.807) is 0 Å². The molecule has 184 valence electrons. The normalized spacial score (nSPS) is 22.4. The molecule has 1 heterocycles. The molecule has 5 atom stereocenters. The Hall–Kier alpha value is -2.41. The summed E-state index contributed by atoms with van der Waals surface area (Å²) in [5, 5.41) is 23.5. The maximum atomic E-state index is 11.5. The fourth-order valence-electron chi connectivity index (χ4n) is 5.05. The Balaban J connectivity index is 1.25. The minimum Gasteiger partial charge on any atom is -0.488 e. The molecule has 0 radical (unpaired) electrons. The van der Waals surface area contributed by atoms with Crippen molar-refractivity contribution in [2.45, 2.75) is 76.7 Å². The molecule has 1 aliphatic heterocycles. The Kier molecular flexibility index (Phi) is 7.31. The van der Waals surface area contributed by atoms with E-state index in [2.05, 4.69) is 43.4 Å². The number of carboxylic acid groups (broad SMARTS) is 1. The number of aliphatic hydroxyl groups excluding tert-OH is 1. The molecule has 0 amide bonds. The smallest absolute Gasteiger partial charge is 0.311 e. The lowest BCUT2D eigenvalue weighted by atomic mass is 9.95. The molecule has 1 unspecified atom stereocenters. The number of fused-ring (bicyclic) bond motifs is 3. The van der Waals surface area contributed by atoms with E-state index in [-0.39, 0.29) is 30.3 Å². The van der Waals surface area contributed by atoms with Gasteiger partial charge in [0.2, 0.25) is 0 Å². The van der Waals surface area contributed by atoms with Gasteiger partial charge in [-0.3, -0.25) is 4.79 Å². The summed E-state index contributed by atoms with van der Waals surface area (Å²) < 4.78 is 12.0. The zero-order chi connectivity index (χ0) is 24.5. The van der Waals surface area contributed by atoms with Crippen molar-refractivity contribution in [3.8, 4) is 5.75 Å². The van der Waals surface area contributed by atoms with E-state index in [0.717, 1.165) is 41.7 Å². The SMILES string of the molecule is Cc1ccc([C@@H](C)OCC(O)CNC(C)(C)CCCc2ccccc2)c2c1O[C@@H]1[C@@H](C(=O)O)[C@H]21. The third-order valence-corrected chi connectivity index (χ3v) is 7.16. The Bertz CT molecular complexity index is 1010. The van der Waals surface area contributed by atoms with Crippen LogP contribution in [0.1, 0.15) is 67.9 Å². The van der Waals surface area contributed by atoms with Crippen molar-refractivity contribution in [2.75, 3.05) is 13.2 Å². The van der Waals surface area contributed by atoms with Crippen LogP contribution in [0.2, 0.25) is 0 Å². The monoisotopic (exact) mass is 467 g/mol. The number of aryl methyl sites for hydroxylation is 2. The molecule has 2 aliphatic rings. The fraction of sp³-hybridized carbons (Fsp3) is 0.536. The number of ether oxygens (including phenoxy) is 2. The number of rotatable bonds is 12. The van der Waals surface area contributed by atoms with E-state index in [1.165, 1.54) is 5.56 Å². The predicted molar refractivity (Wildman–Crippen MR) is 131 cm³/mol. The minimum absolute atomic E-state index is 0.0800. The summed E-state index contributed by atoms with van der Waals surface area (Å²) in [4.78, 5) is 11.5. The molecule has 2 aromatic carbocycles. The van der Waals surface area contributed by atoms with Gasteiger partial charge in [-0.2, -0.15) is 0 Å². The maximum absolute atomic E-state index is 11.5. The van der Waals surface area contributed by atoms with Crippen LogP contribution in [0, 0.1) is 12.8 Å². The lowest BCUT2D eigenvalue weighted by Crippen LogP contribution is -2.44. The van der Waals surface area contributed by atoms with Crippen LogP contribution < -0.4 is 10.1 Å². The van der Waals surface area contributed by atoms with Crippen molar-refractivity contribution < 1.29 is 24.5 Å². The number of carbonyl (C=O) groups is 1. The van der Waals surface area contributed by atoms with Crippen molar-refractivity contribution in [1.29, 1.82) is 0 Å². The summed E-state index contributed by atoms with van der Waals surface area (Å²) in [7, 11) is 0. The van der Waals surface area contributed by atoms with Gasteiger partial charge in [-0.1, -0.05) is 42.5 Å². The van der Waals surface area contributed by atoms with Crippen molar-refractivity contribution in [3.05, 3.63) is 64.7 Å². The largest absolute Gasteiger partial charge is 0.488 e. The first-order chi connectivity index (χ1) is 16.2. The highest BCUT2D eigenvalue weighted by molar-refractivity contribution is 5.79. The fourth-order valence-corrected chi connectivity index (χ4v) is 5.05. The number of hydrogen-bond donors (Lipinski definition) is 3. The zero-order valence-corrected chi connectivity index (χ0v) is 20.6. The second-order valence-corrected chi connectivity index (χ2v) is 10.4. The van der Waals surface area contributed by atoms with Gasteiger partial charge in [-0.05, 0) is 63.6 Å². The van der Waals surface area contributed by atoms with Gasteiger partial charge in [0.05, 0.1) is 18.8 Å². The van der Waals surface area contributed by atoms with Crippen LogP contribution >= 0.6 is 0 Å². The second-order valence-electron chi connectivity index (χ2n) is 10.4. The maximum Gasteiger partial charge on any atom is 0.311 e. The first-order valence-electron chi connectivity index (χ1n) is 12.3. The number of benzene rings is 2. The summed E-state index contributed by atoms with van der Waals surface area (Å²) in [6, 6.07) is 14.5. The summed E-state index contributed by atoms with van der Waals surface area (Å²) in [6.45, 7) is 8.90. The van der Waals surface area contributed by atoms with Gasteiger partial charge in [0, 0.05) is 23.6 Å². The third kappa shape index (κ3) is 5.45. The summed E-state index contributed by atoms with van der Waals surface area (Å²) in [6.07, 6.45) is 1.97. The van der Waals surface area contributed by atoms with E-state index in [0.29, 0.717) is 6.54 Å². The van der Waals surface area contributed by atoms with Crippen LogP contribution in [0.5, 0.6) is 5.75 Å². The van der Waals surface area contributed by atoms with Gasteiger partial charge in [-0.25, -0.2) is 0 Å². The molecule has 4 rings (SSSR count). The Morgan fingerprint density at radius 3 is 2.65 bits per heavy atom. The van der Waals surface area contributed by atoms with Gasteiger partial charge >= 0.3 is 5.97 Å². The van der Waals surface area contributed by atoms with E-state index < -0.39 is 18.0 Å². The molecule has 34 heavy (non-hydrogen) atoms. The molecule has 0 spiro atoms. The highest BCUT2D eigenvalue weighted by Gasteiger charge is 2.64. The van der Waals surface area contributed by atoms with Crippen molar-refractivity contribution in [2.24, 2.45) is 5.92 Å². The van der Waals surface area contributed by atoms with Gasteiger partial charge in [0.15, 0.2) is 0 Å². The van der Waals surface area contributed by atoms with E-state index >= 15 is 0 Å². The second kappa shape index (κ2) is 10.1. The molecule has 0 saturated heterocycles. The molecule has 1 fully saturated rings. The van der Waals surface area contributed by atoms with Crippen molar-refractivity contribution >= 4 is 5.97 Å². The average Bonchev–Trinajstić information content (AvgIpc) is 3.39. The number of β-amino-alcohol motifs (C(OH)–C–C–N with tert-alkyl or cyclic N) is 1. The average molecular weight is 468 g/mol. The highest BCUT2D eigenvalue weighted by Crippen LogP contribution is 2.61. The van der Waals surface area contributed by atoms with Crippen LogP contribution in [-0.2, 0) is 16.0 Å².